The van der Waals surface area contributed by atoms with Gasteiger partial charge >= 0.3 is 0 Å². The van der Waals surface area contributed by atoms with E-state index in [0.29, 0.717) is 10.0 Å². The molecule has 2 rings (SSSR count). The Labute approximate surface area is 96.2 Å². The molecule has 15 heavy (non-hydrogen) atoms. The first kappa shape index (κ1) is 10.2. The molecule has 1 aliphatic heterocycles. The second-order valence-electron chi connectivity index (χ2n) is 2.95. The van der Waals surface area contributed by atoms with E-state index in [-0.39, 0.29) is 10.9 Å². The zero-order valence-electron chi connectivity index (χ0n) is 7.56. The number of phenols is 1. The molecule has 1 aromatic carbocycles. The molecular formula is C10H7NO2S2. The predicted molar refractivity (Wildman–Crippen MR) is 64.4 cm³/mol. The number of rotatable bonds is 1. The summed E-state index contributed by atoms with van der Waals surface area (Å²) in [7, 11) is 0. The summed E-state index contributed by atoms with van der Waals surface area (Å²) in [6.45, 7) is 0. The molecule has 0 amide bonds. The molecule has 2 N–H and O–H groups in total. The highest BCUT2D eigenvalue weighted by Gasteiger charge is 2.21. The second kappa shape index (κ2) is 4.04. The van der Waals surface area contributed by atoms with Gasteiger partial charge in [0.25, 0.3) is 0 Å². The first-order valence-electron chi connectivity index (χ1n) is 4.19. The number of benzene rings is 1. The minimum absolute atomic E-state index is 0.0941. The molecule has 0 unspecified atom stereocenters. The van der Waals surface area contributed by atoms with Gasteiger partial charge in [0.1, 0.15) is 10.1 Å². The molecule has 1 saturated heterocycles. The average Bonchev–Trinajstić information content (AvgIpc) is 2.45. The third-order valence-corrected chi connectivity index (χ3v) is 2.87. The Bertz CT molecular complexity index is 468. The van der Waals surface area contributed by atoms with E-state index in [4.69, 9.17) is 12.2 Å². The smallest absolute Gasteiger partial charge is 0.242 e. The van der Waals surface area contributed by atoms with E-state index in [1.807, 2.05) is 0 Å². The molecule has 0 saturated carbocycles. The van der Waals surface area contributed by atoms with Crippen molar-refractivity contribution in [1.29, 1.82) is 0 Å². The fraction of sp³-hybridized carbons (Fsp3) is 0. The summed E-state index contributed by atoms with van der Waals surface area (Å²) in [6, 6.07) is 6.67. The van der Waals surface area contributed by atoms with Crippen molar-refractivity contribution in [2.75, 3.05) is 0 Å². The lowest BCUT2D eigenvalue weighted by molar-refractivity contribution is -0.107. The van der Waals surface area contributed by atoms with E-state index >= 15 is 0 Å². The predicted octanol–water partition coefficient (Wildman–Crippen LogP) is 1.88. The molecule has 76 valence electrons. The fourth-order valence-corrected chi connectivity index (χ4v) is 2.09. The van der Waals surface area contributed by atoms with E-state index in [1.165, 1.54) is 0 Å². The summed E-state index contributed by atoms with van der Waals surface area (Å²) in [5, 5.41) is 11.9. The van der Waals surface area contributed by atoms with Crippen molar-refractivity contribution >= 4 is 39.5 Å². The number of aromatic hydroxyl groups is 1. The Balaban J connectivity index is 2.31. The number of hydrogen-bond donors (Lipinski definition) is 2. The number of thioether (sulfide) groups is 1. The highest BCUT2D eigenvalue weighted by Crippen LogP contribution is 2.22. The molecule has 0 aliphatic carbocycles. The molecule has 1 fully saturated rings. The molecule has 0 atom stereocenters. The van der Waals surface area contributed by atoms with Gasteiger partial charge in [-0.25, -0.2) is 0 Å². The van der Waals surface area contributed by atoms with Gasteiger partial charge in [0.15, 0.2) is 0 Å². The monoisotopic (exact) mass is 237 g/mol. The van der Waals surface area contributed by atoms with Crippen LogP contribution in [-0.4, -0.2) is 14.5 Å². The van der Waals surface area contributed by atoms with Crippen molar-refractivity contribution in [3.05, 3.63) is 35.5 Å². The third-order valence-electron chi connectivity index (χ3n) is 1.82. The van der Waals surface area contributed by atoms with Crippen molar-refractivity contribution in [2.45, 2.75) is 0 Å². The third kappa shape index (κ3) is 2.37. The molecule has 1 aliphatic rings. The topological polar surface area (TPSA) is 49.3 Å². The highest BCUT2D eigenvalue weighted by atomic mass is 32.2. The summed E-state index contributed by atoms with van der Waals surface area (Å²) < 4.78 is 0.464. The van der Waals surface area contributed by atoms with Gasteiger partial charge in [-0.3, -0.25) is 4.79 Å². The number of phenolic OH excluding ortho intramolecular Hbond substituents is 1. The minimum atomic E-state index is -0.0941. The summed E-state index contributed by atoms with van der Waals surface area (Å²) in [4.78, 5) is 11.4. The first-order chi connectivity index (χ1) is 7.15. The van der Waals surface area contributed by atoms with Gasteiger partial charge in [-0.05, 0) is 35.5 Å². The van der Waals surface area contributed by atoms with E-state index < -0.39 is 0 Å². The number of thiocarbonyl (C=S) groups is 1. The van der Waals surface area contributed by atoms with Crippen LogP contribution in [0.25, 0.3) is 6.08 Å². The fourth-order valence-electron chi connectivity index (χ4n) is 1.20. The van der Waals surface area contributed by atoms with Gasteiger partial charge in [0, 0.05) is 0 Å². The zero-order valence-corrected chi connectivity index (χ0v) is 9.19. The van der Waals surface area contributed by atoms with Crippen LogP contribution in [0.1, 0.15) is 5.56 Å². The lowest BCUT2D eigenvalue weighted by atomic mass is 10.2. The SMILES string of the molecule is O=C1SC(=S)N/C1=C/c1cccc(O)c1. The maximum atomic E-state index is 11.4. The zero-order chi connectivity index (χ0) is 10.8. The number of carbonyl (C=O) groups excluding carboxylic acids is 1. The van der Waals surface area contributed by atoms with Crippen molar-refractivity contribution in [3.63, 3.8) is 0 Å². The van der Waals surface area contributed by atoms with Crippen LogP contribution in [0.15, 0.2) is 30.0 Å². The van der Waals surface area contributed by atoms with Gasteiger partial charge in [-0.2, -0.15) is 0 Å². The normalized spacial score (nSPS) is 18.3. The number of nitrogens with one attached hydrogen (secondary N) is 1. The van der Waals surface area contributed by atoms with E-state index in [1.54, 1.807) is 30.3 Å². The van der Waals surface area contributed by atoms with Gasteiger partial charge in [-0.1, -0.05) is 24.4 Å². The second-order valence-corrected chi connectivity index (χ2v) is 4.60. The van der Waals surface area contributed by atoms with Gasteiger partial charge in [-0.15, -0.1) is 0 Å². The summed E-state index contributed by atoms with van der Waals surface area (Å²) in [5.41, 5.74) is 1.21. The van der Waals surface area contributed by atoms with Crippen LogP contribution in [0.5, 0.6) is 5.75 Å². The number of carbonyl (C=O) groups is 1. The molecule has 3 nitrogen and oxygen atoms in total. The molecule has 1 aromatic rings. The Morgan fingerprint density at radius 2 is 2.27 bits per heavy atom. The Morgan fingerprint density at radius 1 is 1.47 bits per heavy atom. The standard InChI is InChI=1S/C10H7NO2S2/c12-7-3-1-2-6(4-7)5-8-9(13)15-10(14)11-8/h1-5,12H,(H,11,14)/b8-5+. The Kier molecular flexibility index (Phi) is 2.75. The average molecular weight is 237 g/mol. The summed E-state index contributed by atoms with van der Waals surface area (Å²) >= 11 is 5.86. The van der Waals surface area contributed by atoms with E-state index in [9.17, 15) is 9.90 Å². The molecule has 0 spiro atoms. The van der Waals surface area contributed by atoms with Crippen LogP contribution in [0.4, 0.5) is 0 Å². The summed E-state index contributed by atoms with van der Waals surface area (Å²) in [5.74, 6) is 0.171. The molecule has 1 heterocycles. The van der Waals surface area contributed by atoms with E-state index in [2.05, 4.69) is 5.32 Å². The maximum absolute atomic E-state index is 11.4. The summed E-state index contributed by atoms with van der Waals surface area (Å²) in [6.07, 6.45) is 1.66. The van der Waals surface area contributed by atoms with E-state index in [0.717, 1.165) is 17.3 Å². The van der Waals surface area contributed by atoms with Crippen LogP contribution < -0.4 is 5.32 Å². The van der Waals surface area contributed by atoms with Crippen molar-refractivity contribution in [1.82, 2.24) is 5.32 Å². The molecule has 0 radical (unpaired) electrons. The quantitative estimate of drug-likeness (QED) is 0.577. The molecular weight excluding hydrogens is 230 g/mol. The van der Waals surface area contributed by atoms with Crippen molar-refractivity contribution < 1.29 is 9.90 Å². The largest absolute Gasteiger partial charge is 0.508 e. The van der Waals surface area contributed by atoms with Crippen molar-refractivity contribution in [3.8, 4) is 5.75 Å². The molecule has 0 bridgehead atoms. The highest BCUT2D eigenvalue weighted by molar-refractivity contribution is 8.33. The van der Waals surface area contributed by atoms with Gasteiger partial charge in [0.05, 0.1) is 5.70 Å². The van der Waals surface area contributed by atoms with Gasteiger partial charge < -0.3 is 10.4 Å². The molecule has 5 heteroatoms. The van der Waals surface area contributed by atoms with Gasteiger partial charge in [0.2, 0.25) is 5.12 Å². The lowest BCUT2D eigenvalue weighted by Crippen LogP contribution is -2.09. The van der Waals surface area contributed by atoms with Crippen molar-refractivity contribution in [2.24, 2.45) is 0 Å². The van der Waals surface area contributed by atoms with Crippen LogP contribution in [-0.2, 0) is 4.79 Å². The van der Waals surface area contributed by atoms with Crippen LogP contribution in [0, 0.1) is 0 Å². The number of hydrogen-bond acceptors (Lipinski definition) is 4. The Morgan fingerprint density at radius 3 is 2.87 bits per heavy atom. The van der Waals surface area contributed by atoms with Crippen LogP contribution >= 0.6 is 24.0 Å². The van der Waals surface area contributed by atoms with Crippen LogP contribution in [0.3, 0.4) is 0 Å². The molecule has 0 aromatic heterocycles. The minimum Gasteiger partial charge on any atom is -0.508 e. The maximum Gasteiger partial charge on any atom is 0.242 e. The first-order valence-corrected chi connectivity index (χ1v) is 5.41. The lowest BCUT2D eigenvalue weighted by Gasteiger charge is -1.97. The Hall–Kier alpha value is -1.33. The van der Waals surface area contributed by atoms with Crippen LogP contribution in [0.2, 0.25) is 0 Å².